The van der Waals surface area contributed by atoms with Crippen molar-refractivity contribution < 1.29 is 13.2 Å². The molecule has 1 fully saturated rings. The van der Waals surface area contributed by atoms with Gasteiger partial charge in [0, 0.05) is 24.7 Å². The van der Waals surface area contributed by atoms with Crippen LogP contribution in [0.4, 0.5) is 0 Å². The Morgan fingerprint density at radius 3 is 2.41 bits per heavy atom. The van der Waals surface area contributed by atoms with Crippen molar-refractivity contribution in [1.29, 1.82) is 0 Å². The molecule has 0 aromatic rings. The van der Waals surface area contributed by atoms with E-state index in [1.54, 1.807) is 4.90 Å². The van der Waals surface area contributed by atoms with Crippen LogP contribution in [0.5, 0.6) is 0 Å². The quantitative estimate of drug-likeness (QED) is 0.733. The molecule has 1 aliphatic heterocycles. The van der Waals surface area contributed by atoms with Gasteiger partial charge in [0.05, 0.1) is 0 Å². The zero-order valence-electron chi connectivity index (χ0n) is 10.7. The molecule has 1 heterocycles. The normalized spacial score (nSPS) is 26.3. The topological polar surface area (TPSA) is 54.5 Å². The zero-order chi connectivity index (χ0) is 13.4. The highest BCUT2D eigenvalue weighted by atomic mass is 35.5. The number of hydrogen-bond acceptors (Lipinski definition) is 3. The van der Waals surface area contributed by atoms with Crippen LogP contribution in [0, 0.1) is 5.92 Å². The maximum atomic E-state index is 12.3. The minimum absolute atomic E-state index is 0.0507. The van der Waals surface area contributed by atoms with Crippen molar-refractivity contribution in [3.05, 3.63) is 0 Å². The fraction of sp³-hybridized carbons (Fsp3) is 0.909. The second-order valence-electron chi connectivity index (χ2n) is 5.27. The van der Waals surface area contributed by atoms with E-state index in [9.17, 15) is 13.2 Å². The fourth-order valence-electron chi connectivity index (χ4n) is 2.00. The first-order valence-corrected chi connectivity index (χ1v) is 8.12. The lowest BCUT2D eigenvalue weighted by Gasteiger charge is -2.32. The molecule has 0 radical (unpaired) electrons. The van der Waals surface area contributed by atoms with Crippen molar-refractivity contribution in [2.45, 2.75) is 38.0 Å². The van der Waals surface area contributed by atoms with Gasteiger partial charge in [-0.15, -0.1) is 11.6 Å². The summed E-state index contributed by atoms with van der Waals surface area (Å²) in [5, 5.41) is 0. The Kier molecular flexibility index (Phi) is 4.14. The Morgan fingerprint density at radius 1 is 1.47 bits per heavy atom. The summed E-state index contributed by atoms with van der Waals surface area (Å²) < 4.78 is 21.9. The molecular weight excluding hydrogens is 262 g/mol. The van der Waals surface area contributed by atoms with E-state index in [2.05, 4.69) is 0 Å². The van der Waals surface area contributed by atoms with Gasteiger partial charge >= 0.3 is 0 Å². The average Bonchev–Trinajstić information content (AvgIpc) is 2.56. The molecular formula is C11H20ClNO3S. The lowest BCUT2D eigenvalue weighted by Crippen LogP contribution is -2.52. The largest absolute Gasteiger partial charge is 0.337 e. The number of sulfone groups is 1. The number of carbonyl (C=O) groups is 1. The number of hydrogen-bond donors (Lipinski definition) is 0. The lowest BCUT2D eigenvalue weighted by atomic mass is 10.0. The smallest absolute Gasteiger partial charge is 0.243 e. The minimum atomic E-state index is -3.42. The summed E-state index contributed by atoms with van der Waals surface area (Å²) in [7, 11) is -3.42. The molecule has 0 aromatic carbocycles. The number of nitrogens with zero attached hydrogens (tertiary/aromatic N) is 1. The Balaban J connectivity index is 2.99. The van der Waals surface area contributed by atoms with Crippen molar-refractivity contribution in [2.24, 2.45) is 5.92 Å². The van der Waals surface area contributed by atoms with E-state index < -0.39 is 14.6 Å². The van der Waals surface area contributed by atoms with E-state index in [-0.39, 0.29) is 11.9 Å². The zero-order valence-corrected chi connectivity index (χ0v) is 12.3. The standard InChI is InChI=1S/C11H20ClNO3S/c1-8-5-6-13(9(8)7-12)10(14)11(2,3)17(4,15)16/h8-9H,5-7H2,1-4H3. The van der Waals surface area contributed by atoms with Gasteiger partial charge in [0.1, 0.15) is 4.75 Å². The van der Waals surface area contributed by atoms with Gasteiger partial charge in [-0.25, -0.2) is 8.42 Å². The number of amides is 1. The molecule has 6 heteroatoms. The third-order valence-corrected chi connectivity index (χ3v) is 6.09. The highest BCUT2D eigenvalue weighted by Gasteiger charge is 2.45. The number of halogens is 1. The second kappa shape index (κ2) is 4.76. The number of rotatable bonds is 3. The fourth-order valence-corrected chi connectivity index (χ4v) is 2.91. The summed E-state index contributed by atoms with van der Waals surface area (Å²) in [6.07, 6.45) is 1.98. The number of alkyl halides is 1. The van der Waals surface area contributed by atoms with Crippen molar-refractivity contribution in [3.63, 3.8) is 0 Å². The Labute approximate surface area is 108 Å². The van der Waals surface area contributed by atoms with Crippen LogP contribution in [0.2, 0.25) is 0 Å². The lowest BCUT2D eigenvalue weighted by molar-refractivity contribution is -0.133. The SMILES string of the molecule is CC1CCN(C(=O)C(C)(C)S(C)(=O)=O)C1CCl. The molecule has 0 N–H and O–H groups in total. The molecule has 0 aliphatic carbocycles. The highest BCUT2D eigenvalue weighted by Crippen LogP contribution is 2.29. The van der Waals surface area contributed by atoms with Crippen LogP contribution in [-0.4, -0.2) is 48.7 Å². The van der Waals surface area contributed by atoms with Gasteiger partial charge in [0.2, 0.25) is 5.91 Å². The van der Waals surface area contributed by atoms with Crippen molar-refractivity contribution in [1.82, 2.24) is 4.90 Å². The van der Waals surface area contributed by atoms with Crippen molar-refractivity contribution >= 4 is 27.3 Å². The van der Waals surface area contributed by atoms with E-state index in [0.717, 1.165) is 12.7 Å². The van der Waals surface area contributed by atoms with Crippen LogP contribution >= 0.6 is 11.6 Å². The summed E-state index contributed by atoms with van der Waals surface area (Å²) >= 11 is 5.86. The minimum Gasteiger partial charge on any atom is -0.337 e. The van der Waals surface area contributed by atoms with Gasteiger partial charge in [-0.1, -0.05) is 6.92 Å². The van der Waals surface area contributed by atoms with Gasteiger partial charge in [-0.3, -0.25) is 4.79 Å². The average molecular weight is 282 g/mol. The molecule has 4 nitrogen and oxygen atoms in total. The molecule has 1 amide bonds. The molecule has 100 valence electrons. The molecule has 0 aromatic heterocycles. The summed E-state index contributed by atoms with van der Waals surface area (Å²) in [5.41, 5.74) is 0. The van der Waals surface area contributed by atoms with E-state index in [4.69, 9.17) is 11.6 Å². The van der Waals surface area contributed by atoms with E-state index >= 15 is 0 Å². The summed E-state index contributed by atoms with van der Waals surface area (Å²) in [6.45, 7) is 5.54. The molecule has 2 atom stereocenters. The summed E-state index contributed by atoms with van der Waals surface area (Å²) in [5.74, 6) is 0.342. The number of likely N-dealkylation sites (tertiary alicyclic amines) is 1. The van der Waals surface area contributed by atoms with Crippen molar-refractivity contribution in [3.8, 4) is 0 Å². The van der Waals surface area contributed by atoms with E-state index in [0.29, 0.717) is 18.3 Å². The van der Waals surface area contributed by atoms with Crippen LogP contribution in [0.15, 0.2) is 0 Å². The third-order valence-electron chi connectivity index (χ3n) is 3.74. The van der Waals surface area contributed by atoms with Gasteiger partial charge in [0.15, 0.2) is 9.84 Å². The predicted octanol–water partition coefficient (Wildman–Crippen LogP) is 1.29. The maximum absolute atomic E-state index is 12.3. The molecule has 2 unspecified atom stereocenters. The first-order valence-electron chi connectivity index (χ1n) is 5.69. The Bertz CT molecular complexity index is 405. The maximum Gasteiger partial charge on any atom is 0.243 e. The molecule has 0 bridgehead atoms. The molecule has 0 saturated carbocycles. The molecule has 17 heavy (non-hydrogen) atoms. The summed E-state index contributed by atoms with van der Waals surface area (Å²) in [4.78, 5) is 13.9. The highest BCUT2D eigenvalue weighted by molar-refractivity contribution is 7.92. The van der Waals surface area contributed by atoms with Gasteiger partial charge < -0.3 is 4.90 Å². The third kappa shape index (κ3) is 2.60. The molecule has 1 saturated heterocycles. The van der Waals surface area contributed by atoms with Crippen LogP contribution in [0.3, 0.4) is 0 Å². The van der Waals surface area contributed by atoms with Crippen LogP contribution < -0.4 is 0 Å². The second-order valence-corrected chi connectivity index (χ2v) is 8.14. The van der Waals surface area contributed by atoms with Crippen LogP contribution in [0.25, 0.3) is 0 Å². The van der Waals surface area contributed by atoms with Gasteiger partial charge in [0.25, 0.3) is 0 Å². The monoisotopic (exact) mass is 281 g/mol. The van der Waals surface area contributed by atoms with Gasteiger partial charge in [-0.05, 0) is 26.2 Å². The van der Waals surface area contributed by atoms with E-state index in [1.165, 1.54) is 13.8 Å². The summed E-state index contributed by atoms with van der Waals surface area (Å²) in [6, 6.07) is -0.0507. The van der Waals surface area contributed by atoms with Crippen LogP contribution in [-0.2, 0) is 14.6 Å². The van der Waals surface area contributed by atoms with Crippen LogP contribution in [0.1, 0.15) is 27.2 Å². The molecule has 0 spiro atoms. The first-order chi connectivity index (χ1) is 7.63. The van der Waals surface area contributed by atoms with Gasteiger partial charge in [-0.2, -0.15) is 0 Å². The Hall–Kier alpha value is -0.290. The predicted molar refractivity (Wildman–Crippen MR) is 68.9 cm³/mol. The first kappa shape index (κ1) is 14.8. The molecule has 1 aliphatic rings. The molecule has 1 rings (SSSR count). The number of carbonyl (C=O) groups excluding carboxylic acids is 1. The Morgan fingerprint density at radius 2 is 2.00 bits per heavy atom. The van der Waals surface area contributed by atoms with Crippen molar-refractivity contribution in [2.75, 3.05) is 18.7 Å². The van der Waals surface area contributed by atoms with E-state index in [1.807, 2.05) is 6.92 Å².